The van der Waals surface area contributed by atoms with E-state index in [2.05, 4.69) is 0 Å². The number of ether oxygens (including phenoxy) is 1. The second-order valence-corrected chi connectivity index (χ2v) is 4.49. The van der Waals surface area contributed by atoms with Crippen molar-refractivity contribution in [2.45, 2.75) is 46.8 Å². The lowest BCUT2D eigenvalue weighted by Crippen LogP contribution is -2.26. The number of carbonyl (C=O) groups is 1. The second-order valence-electron chi connectivity index (χ2n) is 4.49. The van der Waals surface area contributed by atoms with Gasteiger partial charge in [0.15, 0.2) is 0 Å². The summed E-state index contributed by atoms with van der Waals surface area (Å²) in [6, 6.07) is 0. The van der Waals surface area contributed by atoms with Gasteiger partial charge in [-0.15, -0.1) is 0 Å². The Morgan fingerprint density at radius 2 is 1.79 bits per heavy atom. The van der Waals surface area contributed by atoms with Crippen molar-refractivity contribution in [3.63, 3.8) is 0 Å². The van der Waals surface area contributed by atoms with Crippen molar-refractivity contribution in [1.82, 2.24) is 0 Å². The van der Waals surface area contributed by atoms with Gasteiger partial charge in [-0.3, -0.25) is 4.79 Å². The van der Waals surface area contributed by atoms with Gasteiger partial charge in [-0.1, -0.05) is 6.08 Å². The monoisotopic (exact) mass is 200 g/mol. The Labute approximate surface area is 85.8 Å². The van der Waals surface area contributed by atoms with Gasteiger partial charge in [0.25, 0.3) is 0 Å². The third-order valence-electron chi connectivity index (χ3n) is 1.57. The molecule has 0 rings (SSSR count). The van der Waals surface area contributed by atoms with E-state index in [9.17, 15) is 4.79 Å². The van der Waals surface area contributed by atoms with Gasteiger partial charge in [-0.25, -0.2) is 0 Å². The highest BCUT2D eigenvalue weighted by molar-refractivity contribution is 5.75. The SMILES string of the molecule is C[C@@H](O)/C=C\[C@H](C)OC(=O)C(C)(C)C. The number of esters is 1. The van der Waals surface area contributed by atoms with Crippen molar-refractivity contribution in [2.75, 3.05) is 0 Å². The first kappa shape index (κ1) is 13.2. The van der Waals surface area contributed by atoms with Crippen LogP contribution in [0.5, 0.6) is 0 Å². The van der Waals surface area contributed by atoms with Crippen LogP contribution in [0.4, 0.5) is 0 Å². The molecule has 0 aromatic rings. The quantitative estimate of drug-likeness (QED) is 0.559. The average molecular weight is 200 g/mol. The predicted molar refractivity (Wildman–Crippen MR) is 55.8 cm³/mol. The highest BCUT2D eigenvalue weighted by atomic mass is 16.5. The number of hydrogen-bond acceptors (Lipinski definition) is 3. The maximum Gasteiger partial charge on any atom is 0.311 e. The molecule has 1 N–H and O–H groups in total. The van der Waals surface area contributed by atoms with E-state index in [1.807, 2.05) is 0 Å². The number of aliphatic hydroxyl groups is 1. The maximum atomic E-state index is 11.4. The standard InChI is InChI=1S/C11H20O3/c1-8(12)6-7-9(2)14-10(13)11(3,4)5/h6-9,12H,1-5H3/b7-6-/t8-,9+/m1/s1. The smallest absolute Gasteiger partial charge is 0.311 e. The molecule has 3 nitrogen and oxygen atoms in total. The van der Waals surface area contributed by atoms with E-state index in [-0.39, 0.29) is 12.1 Å². The minimum Gasteiger partial charge on any atom is -0.458 e. The van der Waals surface area contributed by atoms with Gasteiger partial charge in [0.1, 0.15) is 6.10 Å². The highest BCUT2D eigenvalue weighted by Gasteiger charge is 2.24. The van der Waals surface area contributed by atoms with Crippen molar-refractivity contribution in [2.24, 2.45) is 5.41 Å². The predicted octanol–water partition coefficient (Wildman–Crippen LogP) is 1.90. The first-order chi connectivity index (χ1) is 6.23. The molecule has 0 bridgehead atoms. The third kappa shape index (κ3) is 5.75. The minimum absolute atomic E-state index is 0.236. The second kappa shape index (κ2) is 5.15. The van der Waals surface area contributed by atoms with Crippen LogP contribution in [0, 0.1) is 5.41 Å². The van der Waals surface area contributed by atoms with Crippen LogP contribution in [0.25, 0.3) is 0 Å². The van der Waals surface area contributed by atoms with E-state index in [4.69, 9.17) is 9.84 Å². The first-order valence-corrected chi connectivity index (χ1v) is 4.81. The van der Waals surface area contributed by atoms with Gasteiger partial charge in [0, 0.05) is 0 Å². The number of carbonyl (C=O) groups excluding carboxylic acids is 1. The summed E-state index contributed by atoms with van der Waals surface area (Å²) in [5.41, 5.74) is -0.479. The summed E-state index contributed by atoms with van der Waals surface area (Å²) in [6.07, 6.45) is 2.47. The summed E-state index contributed by atoms with van der Waals surface area (Å²) in [6.45, 7) is 8.83. The summed E-state index contributed by atoms with van der Waals surface area (Å²) in [5.74, 6) is -0.236. The van der Waals surface area contributed by atoms with Crippen LogP contribution >= 0.6 is 0 Å². The fourth-order valence-electron chi connectivity index (χ4n) is 0.702. The Hall–Kier alpha value is -0.830. The molecule has 0 unspecified atom stereocenters. The van der Waals surface area contributed by atoms with E-state index >= 15 is 0 Å². The molecule has 0 saturated heterocycles. The topological polar surface area (TPSA) is 46.5 Å². The summed E-state index contributed by atoms with van der Waals surface area (Å²) >= 11 is 0. The van der Waals surface area contributed by atoms with Crippen molar-refractivity contribution >= 4 is 5.97 Å². The zero-order chi connectivity index (χ0) is 11.4. The third-order valence-corrected chi connectivity index (χ3v) is 1.57. The zero-order valence-corrected chi connectivity index (χ0v) is 9.57. The molecule has 82 valence electrons. The van der Waals surface area contributed by atoms with Crippen LogP contribution in [-0.4, -0.2) is 23.3 Å². The van der Waals surface area contributed by atoms with Crippen LogP contribution in [0.2, 0.25) is 0 Å². The van der Waals surface area contributed by atoms with Gasteiger partial charge < -0.3 is 9.84 Å². The van der Waals surface area contributed by atoms with Gasteiger partial charge in [-0.05, 0) is 40.7 Å². The molecule has 0 aliphatic carbocycles. The molecule has 0 aromatic carbocycles. The summed E-state index contributed by atoms with van der Waals surface area (Å²) in [5, 5.41) is 8.97. The highest BCUT2D eigenvalue weighted by Crippen LogP contribution is 2.16. The Balaban J connectivity index is 4.08. The Kier molecular flexibility index (Phi) is 4.85. The Bertz CT molecular complexity index is 211. The fraction of sp³-hybridized carbons (Fsp3) is 0.727. The lowest BCUT2D eigenvalue weighted by Gasteiger charge is -2.19. The van der Waals surface area contributed by atoms with Gasteiger partial charge in [-0.2, -0.15) is 0 Å². The Morgan fingerprint density at radius 3 is 2.14 bits per heavy atom. The molecule has 3 heteroatoms. The lowest BCUT2D eigenvalue weighted by atomic mass is 9.97. The van der Waals surface area contributed by atoms with E-state index in [1.54, 1.807) is 46.8 Å². The molecule has 0 amide bonds. The van der Waals surface area contributed by atoms with Crippen molar-refractivity contribution in [3.05, 3.63) is 12.2 Å². The maximum absolute atomic E-state index is 11.4. The molecule has 0 fully saturated rings. The molecule has 2 atom stereocenters. The molecule has 14 heavy (non-hydrogen) atoms. The summed E-state index contributed by atoms with van der Waals surface area (Å²) < 4.78 is 5.13. The summed E-state index contributed by atoms with van der Waals surface area (Å²) in [7, 11) is 0. The van der Waals surface area contributed by atoms with Crippen LogP contribution < -0.4 is 0 Å². The fourth-order valence-corrected chi connectivity index (χ4v) is 0.702. The molecule has 0 spiro atoms. The molecule has 0 radical (unpaired) electrons. The van der Waals surface area contributed by atoms with Crippen LogP contribution in [0.15, 0.2) is 12.2 Å². The van der Waals surface area contributed by atoms with E-state index in [0.717, 1.165) is 0 Å². The molecular formula is C11H20O3. The van der Waals surface area contributed by atoms with Gasteiger partial charge >= 0.3 is 5.97 Å². The van der Waals surface area contributed by atoms with Gasteiger partial charge in [0.2, 0.25) is 0 Å². The Morgan fingerprint density at radius 1 is 1.29 bits per heavy atom. The first-order valence-electron chi connectivity index (χ1n) is 4.81. The van der Waals surface area contributed by atoms with E-state index < -0.39 is 11.5 Å². The van der Waals surface area contributed by atoms with E-state index in [1.165, 1.54) is 0 Å². The molecule has 0 aliphatic heterocycles. The van der Waals surface area contributed by atoms with Crippen LogP contribution in [-0.2, 0) is 9.53 Å². The van der Waals surface area contributed by atoms with Crippen molar-refractivity contribution in [1.29, 1.82) is 0 Å². The number of rotatable bonds is 3. The van der Waals surface area contributed by atoms with Crippen molar-refractivity contribution in [3.8, 4) is 0 Å². The minimum atomic E-state index is -0.509. The number of hydrogen-bond donors (Lipinski definition) is 1. The molecule has 0 saturated carbocycles. The molecular weight excluding hydrogens is 180 g/mol. The lowest BCUT2D eigenvalue weighted by molar-refractivity contribution is -0.155. The molecule has 0 heterocycles. The van der Waals surface area contributed by atoms with Crippen molar-refractivity contribution < 1.29 is 14.6 Å². The largest absolute Gasteiger partial charge is 0.458 e. The van der Waals surface area contributed by atoms with E-state index in [0.29, 0.717) is 0 Å². The van der Waals surface area contributed by atoms with Gasteiger partial charge in [0.05, 0.1) is 11.5 Å². The molecule has 0 aromatic heterocycles. The van der Waals surface area contributed by atoms with Crippen LogP contribution in [0.1, 0.15) is 34.6 Å². The zero-order valence-electron chi connectivity index (χ0n) is 9.57. The van der Waals surface area contributed by atoms with Crippen LogP contribution in [0.3, 0.4) is 0 Å². The summed E-state index contributed by atoms with van der Waals surface area (Å²) in [4.78, 5) is 11.4. The number of aliphatic hydroxyl groups excluding tert-OH is 1. The normalized spacial score (nSPS) is 16.7. The molecule has 0 aliphatic rings. The average Bonchev–Trinajstić information content (AvgIpc) is 1.99.